The maximum Gasteiger partial charge on any atom is 0.336 e. The minimum Gasteiger partial charge on any atom is -0.505 e. The maximum absolute atomic E-state index is 9.73. The molecule has 9 heteroatoms. The van der Waals surface area contributed by atoms with E-state index in [-0.39, 0.29) is 21.8 Å². The Morgan fingerprint density at radius 3 is 2.18 bits per heavy atom. The lowest BCUT2D eigenvalue weighted by Crippen LogP contribution is -2.17. The predicted octanol–water partition coefficient (Wildman–Crippen LogP) is 6.82. The Morgan fingerprint density at radius 1 is 0.769 bits per heavy atom. The van der Waals surface area contributed by atoms with Gasteiger partial charge in [-0.1, -0.05) is 76.8 Å². The third-order valence-corrected chi connectivity index (χ3v) is 6.65. The highest BCUT2D eigenvalue weighted by Gasteiger charge is 2.11. The molecule has 0 atom stereocenters. The van der Waals surface area contributed by atoms with Gasteiger partial charge in [0.25, 0.3) is 0 Å². The van der Waals surface area contributed by atoms with Crippen LogP contribution in [0.1, 0.15) is 16.7 Å². The van der Waals surface area contributed by atoms with Crippen LogP contribution in [0.15, 0.2) is 91.4 Å². The van der Waals surface area contributed by atoms with Crippen LogP contribution in [0.3, 0.4) is 0 Å². The number of hydrogen-bond acceptors (Lipinski definition) is 7. The molecule has 2 aromatic heterocycles. The smallest absolute Gasteiger partial charge is 0.336 e. The molecule has 3 aromatic carbocycles. The fourth-order valence-corrected chi connectivity index (χ4v) is 4.61. The van der Waals surface area contributed by atoms with Crippen molar-refractivity contribution in [3.63, 3.8) is 0 Å². The quantitative estimate of drug-likeness (QED) is 0.212. The van der Waals surface area contributed by atoms with Gasteiger partial charge in [0.15, 0.2) is 5.75 Å². The van der Waals surface area contributed by atoms with E-state index in [1.54, 1.807) is 18.3 Å². The van der Waals surface area contributed by atoms with Gasteiger partial charge >= 0.3 is 6.01 Å². The van der Waals surface area contributed by atoms with Crippen molar-refractivity contribution in [1.29, 1.82) is 0 Å². The number of pyridine rings is 1. The number of nitrogens with zero attached hydrogens (tertiary/aromatic N) is 5. The Kier molecular flexibility index (Phi) is 8.32. The summed E-state index contributed by atoms with van der Waals surface area (Å²) in [5.41, 5.74) is 6.79. The van der Waals surface area contributed by atoms with Crippen molar-refractivity contribution < 1.29 is 9.84 Å². The molecule has 5 aromatic rings. The van der Waals surface area contributed by atoms with Gasteiger partial charge in [-0.15, -0.1) is 5.10 Å². The van der Waals surface area contributed by atoms with E-state index in [0.717, 1.165) is 24.2 Å². The number of phenols is 1. The molecule has 39 heavy (non-hydrogen) atoms. The molecule has 0 radical (unpaired) electrons. The van der Waals surface area contributed by atoms with Crippen LogP contribution in [0.2, 0.25) is 10.0 Å². The van der Waals surface area contributed by atoms with E-state index in [2.05, 4.69) is 74.6 Å². The molecule has 5 rings (SSSR count). The molecule has 0 bridgehead atoms. The molecule has 0 aliphatic rings. The normalized spacial score (nSPS) is 11.1. The average molecular weight is 558 g/mol. The molecular weight excluding hydrogens is 533 g/mol. The predicted molar refractivity (Wildman–Crippen MR) is 153 cm³/mol. The Balaban J connectivity index is 1.14. The van der Waals surface area contributed by atoms with E-state index < -0.39 is 0 Å². The number of aromatic nitrogens is 4. The summed E-state index contributed by atoms with van der Waals surface area (Å²) in [4.78, 5) is 10.7. The highest BCUT2D eigenvalue weighted by molar-refractivity contribution is 6.37. The Morgan fingerprint density at radius 2 is 1.49 bits per heavy atom. The van der Waals surface area contributed by atoms with Gasteiger partial charge in [-0.3, -0.25) is 9.88 Å². The SMILES string of the molecule is CN(Cc1ccc(COc2ncc(-c3cc(Cl)c(O)c(Cl)c3)nn2)cc1)Cc1cccc(-c2cccnc2)c1. The summed E-state index contributed by atoms with van der Waals surface area (Å²) < 4.78 is 5.71. The van der Waals surface area contributed by atoms with E-state index >= 15 is 0 Å². The molecule has 196 valence electrons. The number of aromatic hydroxyl groups is 1. The van der Waals surface area contributed by atoms with Crippen LogP contribution < -0.4 is 4.74 Å². The molecule has 0 aliphatic heterocycles. The fraction of sp³-hybridized carbons (Fsp3) is 0.133. The van der Waals surface area contributed by atoms with Gasteiger partial charge in [0.1, 0.15) is 12.3 Å². The molecule has 0 fully saturated rings. The van der Waals surface area contributed by atoms with E-state index in [4.69, 9.17) is 27.9 Å². The Labute approximate surface area is 236 Å². The minimum atomic E-state index is -0.174. The van der Waals surface area contributed by atoms with Gasteiger partial charge in [-0.2, -0.15) is 0 Å². The lowest BCUT2D eigenvalue weighted by atomic mass is 10.0. The number of ether oxygens (including phenoxy) is 1. The van der Waals surface area contributed by atoms with E-state index in [1.165, 1.54) is 22.9 Å². The molecule has 0 aliphatic carbocycles. The Hall–Kier alpha value is -4.04. The number of phenolic OH excluding ortho intramolecular Hbond substituents is 1. The van der Waals surface area contributed by atoms with Crippen molar-refractivity contribution in [3.8, 4) is 34.1 Å². The highest BCUT2D eigenvalue weighted by Crippen LogP contribution is 2.35. The summed E-state index contributed by atoms with van der Waals surface area (Å²) in [5.74, 6) is -0.174. The van der Waals surface area contributed by atoms with Crippen LogP contribution in [0, 0.1) is 0 Å². The number of hydrogen-bond donors (Lipinski definition) is 1. The van der Waals surface area contributed by atoms with E-state index in [9.17, 15) is 5.11 Å². The van der Waals surface area contributed by atoms with Gasteiger partial charge in [-0.05, 0) is 59.1 Å². The zero-order valence-corrected chi connectivity index (χ0v) is 22.6. The van der Waals surface area contributed by atoms with Gasteiger partial charge in [0.2, 0.25) is 0 Å². The first-order chi connectivity index (χ1) is 18.9. The molecule has 0 spiro atoms. The van der Waals surface area contributed by atoms with E-state index in [1.807, 2.05) is 24.4 Å². The largest absolute Gasteiger partial charge is 0.505 e. The second-order valence-electron chi connectivity index (χ2n) is 9.13. The molecular formula is C30H25Cl2N5O2. The van der Waals surface area contributed by atoms with Crippen molar-refractivity contribution in [2.75, 3.05) is 7.05 Å². The molecule has 0 unspecified atom stereocenters. The molecule has 0 saturated carbocycles. The van der Waals surface area contributed by atoms with Crippen LogP contribution in [-0.2, 0) is 19.7 Å². The fourth-order valence-electron chi connectivity index (χ4n) is 4.13. The van der Waals surface area contributed by atoms with Crippen molar-refractivity contribution in [2.45, 2.75) is 19.7 Å². The molecule has 0 amide bonds. The van der Waals surface area contributed by atoms with Crippen LogP contribution >= 0.6 is 23.2 Å². The summed E-state index contributed by atoms with van der Waals surface area (Å²) >= 11 is 12.0. The van der Waals surface area contributed by atoms with Gasteiger partial charge in [-0.25, -0.2) is 4.98 Å². The first-order valence-electron chi connectivity index (χ1n) is 12.2. The van der Waals surface area contributed by atoms with Gasteiger partial charge in [0, 0.05) is 31.0 Å². The average Bonchev–Trinajstić information content (AvgIpc) is 2.96. The van der Waals surface area contributed by atoms with Crippen LogP contribution in [0.5, 0.6) is 11.8 Å². The summed E-state index contributed by atoms with van der Waals surface area (Å²) in [7, 11) is 2.11. The lowest BCUT2D eigenvalue weighted by Gasteiger charge is -2.17. The Bertz CT molecular complexity index is 1530. The highest BCUT2D eigenvalue weighted by atomic mass is 35.5. The molecule has 2 heterocycles. The monoisotopic (exact) mass is 557 g/mol. The number of halogens is 2. The van der Waals surface area contributed by atoms with Crippen LogP contribution in [0.25, 0.3) is 22.4 Å². The second-order valence-corrected chi connectivity index (χ2v) is 9.95. The summed E-state index contributed by atoms with van der Waals surface area (Å²) in [6.07, 6.45) is 5.19. The van der Waals surface area contributed by atoms with Gasteiger partial charge < -0.3 is 9.84 Å². The van der Waals surface area contributed by atoms with Gasteiger partial charge in [0.05, 0.1) is 16.2 Å². The summed E-state index contributed by atoms with van der Waals surface area (Å²) in [5, 5.41) is 18.1. The summed E-state index contributed by atoms with van der Waals surface area (Å²) in [6, 6.07) is 24.1. The van der Waals surface area contributed by atoms with Crippen LogP contribution in [0.4, 0.5) is 0 Å². The minimum absolute atomic E-state index is 0.129. The molecule has 1 N–H and O–H groups in total. The standard InChI is InChI=1S/C30H25Cl2N5O2/c1-37(18-22-4-2-5-23(12-22)24-6-3-11-33-15-24)17-20-7-9-21(10-8-20)19-39-30-34-16-28(35-36-30)25-13-26(31)29(38)27(32)14-25/h2-16,38H,17-19H2,1H3. The van der Waals surface area contributed by atoms with Crippen molar-refractivity contribution >= 4 is 23.2 Å². The zero-order valence-electron chi connectivity index (χ0n) is 21.1. The first kappa shape index (κ1) is 26.6. The lowest BCUT2D eigenvalue weighted by molar-refractivity contribution is 0.276. The number of rotatable bonds is 9. The third kappa shape index (κ3) is 6.89. The summed E-state index contributed by atoms with van der Waals surface area (Å²) in [6.45, 7) is 1.97. The zero-order chi connectivity index (χ0) is 27.2. The third-order valence-electron chi connectivity index (χ3n) is 6.07. The molecule has 7 nitrogen and oxygen atoms in total. The van der Waals surface area contributed by atoms with Crippen LogP contribution in [-0.4, -0.2) is 37.2 Å². The van der Waals surface area contributed by atoms with Crippen molar-refractivity contribution in [3.05, 3.63) is 118 Å². The van der Waals surface area contributed by atoms with Crippen molar-refractivity contribution in [2.24, 2.45) is 0 Å². The second kappa shape index (κ2) is 12.2. The van der Waals surface area contributed by atoms with E-state index in [0.29, 0.717) is 17.9 Å². The first-order valence-corrected chi connectivity index (χ1v) is 13.0. The van der Waals surface area contributed by atoms with Crippen molar-refractivity contribution in [1.82, 2.24) is 25.1 Å². The maximum atomic E-state index is 9.73. The molecule has 0 saturated heterocycles. The topological polar surface area (TPSA) is 84.3 Å². The number of benzene rings is 3.